The summed E-state index contributed by atoms with van der Waals surface area (Å²) in [5.74, 6) is 0.772. The van der Waals surface area contributed by atoms with E-state index in [9.17, 15) is 4.79 Å². The third kappa shape index (κ3) is 3.23. The number of benzene rings is 2. The van der Waals surface area contributed by atoms with Gasteiger partial charge in [-0.15, -0.1) is 0 Å². The molecule has 0 spiro atoms. The number of ether oxygens (including phenoxy) is 1. The van der Waals surface area contributed by atoms with Gasteiger partial charge in [-0.25, -0.2) is 4.79 Å². The Morgan fingerprint density at radius 2 is 1.96 bits per heavy atom. The number of rotatable bonds is 2. The van der Waals surface area contributed by atoms with Crippen molar-refractivity contribution in [3.8, 4) is 5.75 Å². The number of amides is 2. The summed E-state index contributed by atoms with van der Waals surface area (Å²) in [6, 6.07) is 11.8. The molecule has 0 fully saturated rings. The molecule has 1 heterocycles. The van der Waals surface area contributed by atoms with Gasteiger partial charge in [-0.1, -0.05) is 19.1 Å². The van der Waals surface area contributed by atoms with Crippen molar-refractivity contribution in [3.05, 3.63) is 53.1 Å². The van der Waals surface area contributed by atoms with Crippen molar-refractivity contribution >= 4 is 17.4 Å². The van der Waals surface area contributed by atoms with Gasteiger partial charge in [0.05, 0.1) is 12.2 Å². The van der Waals surface area contributed by atoms with Crippen LogP contribution in [0.2, 0.25) is 0 Å². The molecule has 1 aliphatic rings. The first-order valence-corrected chi connectivity index (χ1v) is 8.41. The summed E-state index contributed by atoms with van der Waals surface area (Å²) in [5, 5.41) is 3.02. The molecule has 1 atom stereocenters. The molecule has 1 N–H and O–H groups in total. The fraction of sp³-hybridized carbons (Fsp3) is 0.350. The van der Waals surface area contributed by atoms with Crippen LogP contribution in [0.25, 0.3) is 0 Å². The quantitative estimate of drug-likeness (QED) is 0.860. The highest BCUT2D eigenvalue weighted by Crippen LogP contribution is 2.35. The normalized spacial score (nSPS) is 16.3. The predicted molar refractivity (Wildman–Crippen MR) is 98.2 cm³/mol. The van der Waals surface area contributed by atoms with Crippen molar-refractivity contribution in [2.75, 3.05) is 16.8 Å². The number of anilines is 2. The second-order valence-corrected chi connectivity index (χ2v) is 6.46. The van der Waals surface area contributed by atoms with Gasteiger partial charge in [-0.3, -0.25) is 4.90 Å². The zero-order chi connectivity index (χ0) is 17.3. The standard InChI is InChI=1S/C20H24N2O2/c1-5-17-12-22(18-10-13(2)6-9-19(18)24-17)20(23)21-16-8-7-14(3)15(4)11-16/h6-11,17H,5,12H2,1-4H3,(H,21,23)/t17-/m1/s1. The van der Waals surface area contributed by atoms with Crippen LogP contribution in [-0.2, 0) is 0 Å². The van der Waals surface area contributed by atoms with E-state index in [-0.39, 0.29) is 12.1 Å². The molecule has 0 unspecified atom stereocenters. The molecular weight excluding hydrogens is 300 g/mol. The molecule has 3 rings (SSSR count). The second kappa shape index (κ2) is 6.56. The summed E-state index contributed by atoms with van der Waals surface area (Å²) in [5.41, 5.74) is 5.14. The van der Waals surface area contributed by atoms with Crippen LogP contribution in [-0.4, -0.2) is 18.7 Å². The Kier molecular flexibility index (Phi) is 4.47. The van der Waals surface area contributed by atoms with Gasteiger partial charge in [-0.05, 0) is 68.1 Å². The van der Waals surface area contributed by atoms with E-state index in [2.05, 4.69) is 19.2 Å². The lowest BCUT2D eigenvalue weighted by atomic mass is 10.1. The number of hydrogen-bond donors (Lipinski definition) is 1. The van der Waals surface area contributed by atoms with E-state index in [1.165, 1.54) is 5.56 Å². The SMILES string of the molecule is CC[C@@H]1CN(C(=O)Nc2ccc(C)c(C)c2)c2cc(C)ccc2O1. The van der Waals surface area contributed by atoms with Crippen molar-refractivity contribution in [1.29, 1.82) is 0 Å². The molecule has 24 heavy (non-hydrogen) atoms. The fourth-order valence-corrected chi connectivity index (χ4v) is 2.87. The average molecular weight is 324 g/mol. The number of carbonyl (C=O) groups is 1. The van der Waals surface area contributed by atoms with Crippen LogP contribution in [0.5, 0.6) is 5.75 Å². The van der Waals surface area contributed by atoms with Crippen LogP contribution < -0.4 is 15.0 Å². The lowest BCUT2D eigenvalue weighted by Crippen LogP contribution is -2.45. The van der Waals surface area contributed by atoms with Crippen LogP contribution in [0.15, 0.2) is 36.4 Å². The number of hydrogen-bond acceptors (Lipinski definition) is 2. The van der Waals surface area contributed by atoms with Crippen LogP contribution in [0.3, 0.4) is 0 Å². The number of nitrogens with one attached hydrogen (secondary N) is 1. The number of aryl methyl sites for hydroxylation is 3. The topological polar surface area (TPSA) is 41.6 Å². The molecule has 2 aromatic rings. The third-order valence-electron chi connectivity index (χ3n) is 4.54. The molecule has 2 amide bonds. The largest absolute Gasteiger partial charge is 0.486 e. The smallest absolute Gasteiger partial charge is 0.326 e. The van der Waals surface area contributed by atoms with E-state index in [1.807, 2.05) is 50.2 Å². The summed E-state index contributed by atoms with van der Waals surface area (Å²) in [4.78, 5) is 14.6. The Bertz CT molecular complexity index is 770. The van der Waals surface area contributed by atoms with E-state index >= 15 is 0 Å². The molecular formula is C20H24N2O2. The summed E-state index contributed by atoms with van der Waals surface area (Å²) < 4.78 is 5.98. The van der Waals surface area contributed by atoms with Crippen molar-refractivity contribution in [3.63, 3.8) is 0 Å². The van der Waals surface area contributed by atoms with Gasteiger partial charge in [0, 0.05) is 5.69 Å². The molecule has 4 nitrogen and oxygen atoms in total. The van der Waals surface area contributed by atoms with Crippen LogP contribution >= 0.6 is 0 Å². The molecule has 0 saturated heterocycles. The van der Waals surface area contributed by atoms with Crippen LogP contribution in [0, 0.1) is 20.8 Å². The van der Waals surface area contributed by atoms with Gasteiger partial charge >= 0.3 is 6.03 Å². The third-order valence-corrected chi connectivity index (χ3v) is 4.54. The van der Waals surface area contributed by atoms with E-state index in [0.717, 1.165) is 34.7 Å². The Balaban J connectivity index is 1.88. The van der Waals surface area contributed by atoms with Gasteiger partial charge < -0.3 is 10.1 Å². The molecule has 0 aliphatic carbocycles. The second-order valence-electron chi connectivity index (χ2n) is 6.46. The highest BCUT2D eigenvalue weighted by Gasteiger charge is 2.29. The number of nitrogens with zero attached hydrogens (tertiary/aromatic N) is 1. The van der Waals surface area contributed by atoms with Gasteiger partial charge in [0.25, 0.3) is 0 Å². The number of carbonyl (C=O) groups excluding carboxylic acids is 1. The summed E-state index contributed by atoms with van der Waals surface area (Å²) in [6.45, 7) is 8.76. The Hall–Kier alpha value is -2.49. The van der Waals surface area contributed by atoms with Crippen molar-refractivity contribution < 1.29 is 9.53 Å². The Morgan fingerprint density at radius 3 is 2.67 bits per heavy atom. The summed E-state index contributed by atoms with van der Waals surface area (Å²) >= 11 is 0. The number of fused-ring (bicyclic) bond motifs is 1. The minimum Gasteiger partial charge on any atom is -0.486 e. The zero-order valence-electron chi connectivity index (χ0n) is 14.7. The molecule has 0 bridgehead atoms. The zero-order valence-corrected chi connectivity index (χ0v) is 14.7. The lowest BCUT2D eigenvalue weighted by molar-refractivity contribution is 0.188. The summed E-state index contributed by atoms with van der Waals surface area (Å²) in [7, 11) is 0. The van der Waals surface area contributed by atoms with E-state index in [4.69, 9.17) is 4.74 Å². The van der Waals surface area contributed by atoms with Crippen molar-refractivity contribution in [1.82, 2.24) is 0 Å². The van der Waals surface area contributed by atoms with E-state index in [0.29, 0.717) is 6.54 Å². The highest BCUT2D eigenvalue weighted by atomic mass is 16.5. The van der Waals surface area contributed by atoms with Crippen LogP contribution in [0.4, 0.5) is 16.2 Å². The molecule has 1 aliphatic heterocycles. The maximum absolute atomic E-state index is 12.9. The molecule has 2 aromatic carbocycles. The van der Waals surface area contributed by atoms with Gasteiger partial charge in [0.2, 0.25) is 0 Å². The van der Waals surface area contributed by atoms with Gasteiger partial charge in [-0.2, -0.15) is 0 Å². The highest BCUT2D eigenvalue weighted by molar-refractivity contribution is 6.03. The fourth-order valence-electron chi connectivity index (χ4n) is 2.87. The van der Waals surface area contributed by atoms with Crippen molar-refractivity contribution in [2.24, 2.45) is 0 Å². The predicted octanol–water partition coefficient (Wildman–Crippen LogP) is 4.82. The first kappa shape index (κ1) is 16.4. The first-order chi connectivity index (χ1) is 11.5. The van der Waals surface area contributed by atoms with Crippen molar-refractivity contribution in [2.45, 2.75) is 40.2 Å². The maximum Gasteiger partial charge on any atom is 0.326 e. The Morgan fingerprint density at radius 1 is 1.17 bits per heavy atom. The maximum atomic E-state index is 12.9. The average Bonchev–Trinajstić information content (AvgIpc) is 2.57. The van der Waals surface area contributed by atoms with Gasteiger partial charge in [0.1, 0.15) is 11.9 Å². The van der Waals surface area contributed by atoms with E-state index in [1.54, 1.807) is 4.90 Å². The van der Waals surface area contributed by atoms with E-state index < -0.39 is 0 Å². The molecule has 0 aromatic heterocycles. The van der Waals surface area contributed by atoms with Crippen LogP contribution in [0.1, 0.15) is 30.0 Å². The lowest BCUT2D eigenvalue weighted by Gasteiger charge is -2.34. The first-order valence-electron chi connectivity index (χ1n) is 8.41. The molecule has 4 heteroatoms. The molecule has 0 saturated carbocycles. The van der Waals surface area contributed by atoms with Gasteiger partial charge in [0.15, 0.2) is 0 Å². The minimum absolute atomic E-state index is 0.0192. The summed E-state index contributed by atoms with van der Waals surface area (Å²) in [6.07, 6.45) is 0.881. The number of urea groups is 1. The molecule has 126 valence electrons. The Labute approximate surface area is 143 Å². The minimum atomic E-state index is -0.119. The molecule has 0 radical (unpaired) electrons. The monoisotopic (exact) mass is 324 g/mol.